The molecule has 1 aromatic carbocycles. The quantitative estimate of drug-likeness (QED) is 0.594. The minimum atomic E-state index is -0.242. The molecule has 0 spiro atoms. The first-order valence-electron chi connectivity index (χ1n) is 8.90. The highest BCUT2D eigenvalue weighted by atomic mass is 79.9. The van der Waals surface area contributed by atoms with Gasteiger partial charge >= 0.3 is 0 Å². The molecule has 0 bridgehead atoms. The number of halogens is 1. The van der Waals surface area contributed by atoms with Crippen LogP contribution in [0.2, 0.25) is 0 Å². The second-order valence-electron chi connectivity index (χ2n) is 6.33. The van der Waals surface area contributed by atoms with E-state index in [1.54, 1.807) is 6.07 Å². The number of anilines is 1. The van der Waals surface area contributed by atoms with Crippen LogP contribution < -0.4 is 5.32 Å². The predicted octanol–water partition coefficient (Wildman–Crippen LogP) is 4.90. The number of carbonyl (C=O) groups excluding carboxylic acids is 1. The van der Waals surface area contributed by atoms with Crippen LogP contribution in [-0.2, 0) is 6.54 Å². The Morgan fingerprint density at radius 2 is 2.00 bits per heavy atom. The number of aromatic nitrogens is 1. The van der Waals surface area contributed by atoms with Gasteiger partial charge in [-0.15, -0.1) is 0 Å². The molecule has 0 aliphatic rings. The number of nitrogens with zero attached hydrogens (tertiary/aromatic N) is 2. The van der Waals surface area contributed by atoms with Crippen LogP contribution in [0.25, 0.3) is 10.9 Å². The van der Waals surface area contributed by atoms with Gasteiger partial charge < -0.3 is 19.2 Å². The van der Waals surface area contributed by atoms with Gasteiger partial charge in [-0.1, -0.05) is 13.8 Å². The third kappa shape index (κ3) is 4.02. The Bertz CT molecular complexity index is 909. The Morgan fingerprint density at radius 1 is 1.23 bits per heavy atom. The largest absolute Gasteiger partial charge is 0.444 e. The number of rotatable bonds is 7. The molecule has 26 heavy (non-hydrogen) atoms. The molecule has 2 aromatic heterocycles. The summed E-state index contributed by atoms with van der Waals surface area (Å²) in [4.78, 5) is 14.8. The highest BCUT2D eigenvalue weighted by Crippen LogP contribution is 2.23. The number of fused-ring (bicyclic) bond motifs is 1. The molecule has 3 rings (SSSR count). The number of hydrogen-bond donors (Lipinski definition) is 1. The molecule has 0 aliphatic carbocycles. The predicted molar refractivity (Wildman–Crippen MR) is 109 cm³/mol. The van der Waals surface area contributed by atoms with Crippen molar-refractivity contribution in [1.82, 2.24) is 9.47 Å². The molecule has 0 radical (unpaired) electrons. The van der Waals surface area contributed by atoms with E-state index in [2.05, 4.69) is 62.9 Å². The van der Waals surface area contributed by atoms with E-state index in [4.69, 9.17) is 4.42 Å². The van der Waals surface area contributed by atoms with Gasteiger partial charge in [-0.25, -0.2) is 0 Å². The molecular weight excluding hydrogens is 394 g/mol. The van der Waals surface area contributed by atoms with Crippen LogP contribution in [-0.4, -0.2) is 35.0 Å². The zero-order chi connectivity index (χ0) is 18.7. The number of furan rings is 1. The third-order valence-electron chi connectivity index (χ3n) is 4.67. The van der Waals surface area contributed by atoms with Crippen molar-refractivity contribution in [3.63, 3.8) is 0 Å². The summed E-state index contributed by atoms with van der Waals surface area (Å²) in [7, 11) is 0. The lowest BCUT2D eigenvalue weighted by molar-refractivity contribution is 0.0994. The molecule has 0 unspecified atom stereocenters. The second kappa shape index (κ2) is 8.10. The van der Waals surface area contributed by atoms with E-state index in [1.807, 2.05) is 19.1 Å². The maximum absolute atomic E-state index is 12.4. The van der Waals surface area contributed by atoms with E-state index in [0.29, 0.717) is 10.4 Å². The Labute approximate surface area is 162 Å². The zero-order valence-electron chi connectivity index (χ0n) is 15.4. The van der Waals surface area contributed by atoms with Gasteiger partial charge in [0, 0.05) is 41.4 Å². The van der Waals surface area contributed by atoms with Crippen molar-refractivity contribution in [2.45, 2.75) is 27.3 Å². The third-order valence-corrected chi connectivity index (χ3v) is 5.07. The number of carbonyl (C=O) groups is 1. The molecule has 0 fully saturated rings. The molecule has 0 saturated heterocycles. The fraction of sp³-hybridized carbons (Fsp3) is 0.350. The van der Waals surface area contributed by atoms with Gasteiger partial charge in [0.2, 0.25) is 0 Å². The molecule has 2 heterocycles. The molecule has 1 amide bonds. The Hall–Kier alpha value is -2.05. The Morgan fingerprint density at radius 3 is 2.65 bits per heavy atom. The van der Waals surface area contributed by atoms with E-state index < -0.39 is 0 Å². The Kier molecular flexibility index (Phi) is 5.84. The summed E-state index contributed by atoms with van der Waals surface area (Å²) in [5.74, 6) is 0.0854. The molecular formula is C20H24BrN3O2. The number of likely N-dealkylation sites (N-methyl/N-ethyl adjacent to an activating group) is 1. The Balaban J connectivity index is 1.74. The van der Waals surface area contributed by atoms with Crippen molar-refractivity contribution in [3.05, 3.63) is 52.5 Å². The smallest absolute Gasteiger partial charge is 0.291 e. The minimum Gasteiger partial charge on any atom is -0.444 e. The summed E-state index contributed by atoms with van der Waals surface area (Å²) in [5, 5.41) is 4.02. The van der Waals surface area contributed by atoms with Crippen molar-refractivity contribution in [2.75, 3.05) is 25.0 Å². The van der Waals surface area contributed by atoms with Crippen molar-refractivity contribution >= 4 is 38.4 Å². The average Bonchev–Trinajstić information content (AvgIpc) is 3.18. The minimum absolute atomic E-state index is 0.242. The molecule has 0 atom stereocenters. The maximum atomic E-state index is 12.4. The van der Waals surface area contributed by atoms with Gasteiger partial charge in [0.15, 0.2) is 10.4 Å². The summed E-state index contributed by atoms with van der Waals surface area (Å²) < 4.78 is 8.22. The van der Waals surface area contributed by atoms with Crippen LogP contribution in [0.1, 0.15) is 30.0 Å². The normalized spacial score (nSPS) is 11.4. The second-order valence-corrected chi connectivity index (χ2v) is 7.11. The summed E-state index contributed by atoms with van der Waals surface area (Å²) in [6.45, 7) is 10.3. The van der Waals surface area contributed by atoms with Crippen molar-refractivity contribution in [2.24, 2.45) is 0 Å². The molecule has 3 aromatic rings. The van der Waals surface area contributed by atoms with Crippen molar-refractivity contribution < 1.29 is 9.21 Å². The average molecular weight is 418 g/mol. The topological polar surface area (TPSA) is 50.4 Å². The molecule has 5 nitrogen and oxygen atoms in total. The fourth-order valence-corrected chi connectivity index (χ4v) is 3.62. The summed E-state index contributed by atoms with van der Waals surface area (Å²) in [6, 6.07) is 9.85. The van der Waals surface area contributed by atoms with Crippen LogP contribution in [0.3, 0.4) is 0 Å². The fourth-order valence-electron chi connectivity index (χ4n) is 3.12. The molecule has 1 N–H and O–H groups in total. The molecule has 6 heteroatoms. The number of hydrogen-bond acceptors (Lipinski definition) is 3. The molecule has 0 aliphatic heterocycles. The van der Waals surface area contributed by atoms with Crippen LogP contribution in [0.5, 0.6) is 0 Å². The number of aryl methyl sites for hydroxylation is 1. The standard InChI is InChI=1S/C20H24BrN3O2/c1-4-23(5-2)10-11-24-9-8-15-13-16(6-7-17(15)24)22-20(25)19-14(3)12-18(21)26-19/h6-9,12-13H,4-5,10-11H2,1-3H3,(H,22,25). The lowest BCUT2D eigenvalue weighted by atomic mass is 10.2. The van der Waals surface area contributed by atoms with Gasteiger partial charge in [-0.3, -0.25) is 4.79 Å². The summed E-state index contributed by atoms with van der Waals surface area (Å²) in [5.41, 5.74) is 2.74. The number of benzene rings is 1. The van der Waals surface area contributed by atoms with E-state index in [9.17, 15) is 4.79 Å². The molecule has 138 valence electrons. The zero-order valence-corrected chi connectivity index (χ0v) is 17.0. The first kappa shape index (κ1) is 18.7. The monoisotopic (exact) mass is 417 g/mol. The maximum Gasteiger partial charge on any atom is 0.291 e. The van der Waals surface area contributed by atoms with Gasteiger partial charge in [-0.2, -0.15) is 0 Å². The highest BCUT2D eigenvalue weighted by molar-refractivity contribution is 9.10. The lowest BCUT2D eigenvalue weighted by Crippen LogP contribution is -2.26. The van der Waals surface area contributed by atoms with Crippen LogP contribution in [0.4, 0.5) is 5.69 Å². The van der Waals surface area contributed by atoms with E-state index in [-0.39, 0.29) is 5.91 Å². The van der Waals surface area contributed by atoms with Gasteiger partial charge in [-0.05, 0) is 66.3 Å². The molecule has 0 saturated carbocycles. The van der Waals surface area contributed by atoms with Gasteiger partial charge in [0.1, 0.15) is 0 Å². The first-order chi connectivity index (χ1) is 12.5. The SMILES string of the molecule is CCN(CC)CCn1ccc2cc(NC(=O)c3oc(Br)cc3C)ccc21. The van der Waals surface area contributed by atoms with Gasteiger partial charge in [0.05, 0.1) is 0 Å². The van der Waals surface area contributed by atoms with Crippen LogP contribution in [0.15, 0.2) is 45.6 Å². The number of nitrogens with one attached hydrogen (secondary N) is 1. The van der Waals surface area contributed by atoms with E-state index in [1.165, 1.54) is 5.52 Å². The van der Waals surface area contributed by atoms with E-state index in [0.717, 1.165) is 42.8 Å². The van der Waals surface area contributed by atoms with Crippen LogP contribution in [0, 0.1) is 6.92 Å². The highest BCUT2D eigenvalue weighted by Gasteiger charge is 2.15. The van der Waals surface area contributed by atoms with Crippen molar-refractivity contribution in [3.8, 4) is 0 Å². The lowest BCUT2D eigenvalue weighted by Gasteiger charge is -2.18. The number of amides is 1. The first-order valence-corrected chi connectivity index (χ1v) is 9.69. The van der Waals surface area contributed by atoms with Crippen molar-refractivity contribution in [1.29, 1.82) is 0 Å². The van der Waals surface area contributed by atoms with Crippen LogP contribution >= 0.6 is 15.9 Å². The summed E-state index contributed by atoms with van der Waals surface area (Å²) in [6.07, 6.45) is 2.10. The van der Waals surface area contributed by atoms with E-state index >= 15 is 0 Å². The summed E-state index contributed by atoms with van der Waals surface area (Å²) >= 11 is 3.25. The van der Waals surface area contributed by atoms with Gasteiger partial charge in [0.25, 0.3) is 5.91 Å².